The summed E-state index contributed by atoms with van der Waals surface area (Å²) in [6.45, 7) is 3.66. The van der Waals surface area contributed by atoms with Crippen LogP contribution in [-0.4, -0.2) is 47.9 Å². The third kappa shape index (κ3) is 5.71. The van der Waals surface area contributed by atoms with Crippen molar-refractivity contribution < 1.29 is 9.47 Å². The number of pyridine rings is 1. The molecule has 172 valence electrons. The second kappa shape index (κ2) is 10.8. The van der Waals surface area contributed by atoms with E-state index in [1.54, 1.807) is 6.20 Å². The van der Waals surface area contributed by atoms with Crippen molar-refractivity contribution >= 4 is 22.3 Å². The van der Waals surface area contributed by atoms with Gasteiger partial charge in [0, 0.05) is 37.5 Å². The molecule has 0 bridgehead atoms. The van der Waals surface area contributed by atoms with Crippen molar-refractivity contribution in [2.24, 2.45) is 10.2 Å². The van der Waals surface area contributed by atoms with Crippen molar-refractivity contribution in [3.05, 3.63) is 84.4 Å². The van der Waals surface area contributed by atoms with Gasteiger partial charge in [0.1, 0.15) is 12.4 Å². The molecule has 8 heteroatoms. The molecule has 0 saturated carbocycles. The Bertz CT molecular complexity index is 1260. The first-order valence-corrected chi connectivity index (χ1v) is 11.4. The zero-order valence-electron chi connectivity index (χ0n) is 18.9. The molecule has 1 aliphatic heterocycles. The van der Waals surface area contributed by atoms with E-state index in [-0.39, 0.29) is 6.54 Å². The first kappa shape index (κ1) is 21.9. The van der Waals surface area contributed by atoms with Crippen LogP contribution < -0.4 is 9.64 Å². The molecular weight excluding hydrogens is 428 g/mol. The molecule has 0 N–H and O–H groups in total. The molecule has 0 radical (unpaired) electrons. The Morgan fingerprint density at radius 3 is 2.62 bits per heavy atom. The van der Waals surface area contributed by atoms with Crippen LogP contribution >= 0.6 is 0 Å². The lowest BCUT2D eigenvalue weighted by atomic mass is 10.1. The first-order valence-electron chi connectivity index (χ1n) is 11.4. The normalized spacial score (nSPS) is 14.1. The fourth-order valence-corrected chi connectivity index (χ4v) is 3.78. The Kier molecular flexibility index (Phi) is 6.96. The third-order valence-electron chi connectivity index (χ3n) is 5.54. The summed E-state index contributed by atoms with van der Waals surface area (Å²) in [5, 5.41) is 11.1. The van der Waals surface area contributed by atoms with E-state index in [2.05, 4.69) is 37.2 Å². The summed E-state index contributed by atoms with van der Waals surface area (Å²) >= 11 is 0. The minimum Gasteiger partial charge on any atom is -0.477 e. The third-order valence-corrected chi connectivity index (χ3v) is 5.54. The van der Waals surface area contributed by atoms with Crippen LogP contribution in [-0.2, 0) is 17.7 Å². The number of hydrogen-bond donors (Lipinski definition) is 0. The average Bonchev–Trinajstić information content (AvgIpc) is 2.90. The van der Waals surface area contributed by atoms with E-state index >= 15 is 0 Å². The molecule has 3 heterocycles. The number of ether oxygens (including phenoxy) is 2. The fourth-order valence-electron chi connectivity index (χ4n) is 3.78. The number of azo groups is 1. The second-order valence-corrected chi connectivity index (χ2v) is 7.93. The number of nitrogens with zero attached hydrogens (tertiary/aromatic N) is 6. The highest BCUT2D eigenvalue weighted by atomic mass is 16.5. The molecule has 0 aliphatic carbocycles. The van der Waals surface area contributed by atoms with E-state index in [0.29, 0.717) is 37.9 Å². The highest BCUT2D eigenvalue weighted by Gasteiger charge is 2.15. The Morgan fingerprint density at radius 1 is 0.912 bits per heavy atom. The minimum absolute atomic E-state index is 0.265. The van der Waals surface area contributed by atoms with Gasteiger partial charge in [-0.2, -0.15) is 15.2 Å². The lowest BCUT2D eigenvalue weighted by Gasteiger charge is -2.28. The molecule has 0 unspecified atom stereocenters. The van der Waals surface area contributed by atoms with Crippen LogP contribution in [0.5, 0.6) is 5.88 Å². The second-order valence-electron chi connectivity index (χ2n) is 7.93. The predicted octanol–water partition coefficient (Wildman–Crippen LogP) is 4.77. The maximum absolute atomic E-state index is 5.97. The van der Waals surface area contributed by atoms with Crippen LogP contribution in [0.25, 0.3) is 10.8 Å². The van der Waals surface area contributed by atoms with Gasteiger partial charge in [-0.25, -0.2) is 4.98 Å². The van der Waals surface area contributed by atoms with E-state index in [0.717, 1.165) is 35.7 Å². The zero-order valence-corrected chi connectivity index (χ0v) is 18.9. The van der Waals surface area contributed by atoms with E-state index in [1.165, 1.54) is 5.39 Å². The van der Waals surface area contributed by atoms with E-state index in [1.807, 2.05) is 54.6 Å². The first-order chi connectivity index (χ1) is 16.8. The van der Waals surface area contributed by atoms with Crippen LogP contribution in [0.2, 0.25) is 0 Å². The SMILES string of the molecule is c1ccc(CCOc2cc(N3CCOCC3)nc(CN=Nc3ccc4ccccc4c3)n2)nc1. The Hall–Kier alpha value is -3.91. The highest BCUT2D eigenvalue weighted by Crippen LogP contribution is 2.23. The van der Waals surface area contributed by atoms with Crippen molar-refractivity contribution in [2.45, 2.75) is 13.0 Å². The standard InChI is InChI=1S/C26H26N6O2/c1-2-6-21-17-23(9-8-20(21)5-1)31-28-19-24-29-25(32-12-15-33-16-13-32)18-26(30-24)34-14-10-22-7-3-4-11-27-22/h1-9,11,17-18H,10,12-16,19H2. The quantitative estimate of drug-likeness (QED) is 0.357. The number of fused-ring (bicyclic) bond motifs is 1. The Labute approximate surface area is 198 Å². The molecule has 5 rings (SSSR count). The number of aromatic nitrogens is 3. The van der Waals surface area contributed by atoms with Gasteiger partial charge in [0.2, 0.25) is 5.88 Å². The summed E-state index contributed by atoms with van der Waals surface area (Å²) < 4.78 is 11.5. The van der Waals surface area contributed by atoms with Gasteiger partial charge in [0.05, 0.1) is 25.5 Å². The molecular formula is C26H26N6O2. The van der Waals surface area contributed by atoms with E-state index in [4.69, 9.17) is 14.5 Å². The van der Waals surface area contributed by atoms with Crippen molar-refractivity contribution in [3.63, 3.8) is 0 Å². The number of morpholine rings is 1. The van der Waals surface area contributed by atoms with Crippen molar-refractivity contribution in [2.75, 3.05) is 37.8 Å². The van der Waals surface area contributed by atoms with Gasteiger partial charge in [-0.3, -0.25) is 4.98 Å². The molecule has 0 atom stereocenters. The van der Waals surface area contributed by atoms with Gasteiger partial charge in [0.25, 0.3) is 0 Å². The molecule has 4 aromatic rings. The fraction of sp³-hybridized carbons (Fsp3) is 0.269. The summed E-state index contributed by atoms with van der Waals surface area (Å²) in [5.41, 5.74) is 1.78. The minimum atomic E-state index is 0.265. The Morgan fingerprint density at radius 2 is 1.76 bits per heavy atom. The van der Waals surface area contributed by atoms with E-state index in [9.17, 15) is 0 Å². The van der Waals surface area contributed by atoms with Crippen LogP contribution in [0.3, 0.4) is 0 Å². The molecule has 8 nitrogen and oxygen atoms in total. The van der Waals surface area contributed by atoms with Crippen LogP contribution in [0.15, 0.2) is 83.2 Å². The molecule has 1 fully saturated rings. The lowest BCUT2D eigenvalue weighted by molar-refractivity contribution is 0.122. The van der Waals surface area contributed by atoms with Crippen molar-refractivity contribution in [1.29, 1.82) is 0 Å². The molecule has 34 heavy (non-hydrogen) atoms. The smallest absolute Gasteiger partial charge is 0.218 e. The summed E-state index contributed by atoms with van der Waals surface area (Å²) in [6, 6.07) is 22.0. The highest BCUT2D eigenvalue weighted by molar-refractivity contribution is 5.85. The van der Waals surface area contributed by atoms with Crippen LogP contribution in [0.4, 0.5) is 11.5 Å². The monoisotopic (exact) mass is 454 g/mol. The molecule has 0 amide bonds. The summed E-state index contributed by atoms with van der Waals surface area (Å²) in [6.07, 6.45) is 2.49. The number of rotatable bonds is 8. The molecule has 2 aromatic carbocycles. The van der Waals surface area contributed by atoms with Crippen LogP contribution in [0.1, 0.15) is 11.5 Å². The molecule has 2 aromatic heterocycles. The average molecular weight is 455 g/mol. The largest absolute Gasteiger partial charge is 0.477 e. The predicted molar refractivity (Wildman–Crippen MR) is 131 cm³/mol. The summed E-state index contributed by atoms with van der Waals surface area (Å²) in [7, 11) is 0. The number of anilines is 1. The van der Waals surface area contributed by atoms with Gasteiger partial charge < -0.3 is 14.4 Å². The maximum Gasteiger partial charge on any atom is 0.218 e. The van der Waals surface area contributed by atoms with Gasteiger partial charge in [-0.05, 0) is 35.0 Å². The number of hydrogen-bond acceptors (Lipinski definition) is 8. The molecule has 0 spiro atoms. The van der Waals surface area contributed by atoms with Crippen LogP contribution in [0, 0.1) is 0 Å². The summed E-state index contributed by atoms with van der Waals surface area (Å²) in [4.78, 5) is 15.8. The topological polar surface area (TPSA) is 85.1 Å². The van der Waals surface area contributed by atoms with Gasteiger partial charge in [-0.15, -0.1) is 0 Å². The summed E-state index contributed by atoms with van der Waals surface area (Å²) in [5.74, 6) is 1.92. The Balaban J connectivity index is 1.30. The van der Waals surface area contributed by atoms with Crippen molar-refractivity contribution in [1.82, 2.24) is 15.0 Å². The van der Waals surface area contributed by atoms with Crippen molar-refractivity contribution in [3.8, 4) is 5.88 Å². The van der Waals surface area contributed by atoms with Gasteiger partial charge in [-0.1, -0.05) is 36.4 Å². The maximum atomic E-state index is 5.97. The molecule has 1 saturated heterocycles. The zero-order chi connectivity index (χ0) is 23.0. The van der Waals surface area contributed by atoms with E-state index < -0.39 is 0 Å². The van der Waals surface area contributed by atoms with Gasteiger partial charge in [0.15, 0.2) is 5.82 Å². The number of benzene rings is 2. The molecule has 1 aliphatic rings. The van der Waals surface area contributed by atoms with Gasteiger partial charge >= 0.3 is 0 Å². The lowest BCUT2D eigenvalue weighted by Crippen LogP contribution is -2.37.